The zero-order chi connectivity index (χ0) is 21.2. The van der Waals surface area contributed by atoms with Crippen LogP contribution in [0.3, 0.4) is 0 Å². The van der Waals surface area contributed by atoms with Crippen LogP contribution >= 0.6 is 0 Å². The molecule has 0 amide bonds. The van der Waals surface area contributed by atoms with Crippen molar-refractivity contribution in [2.24, 2.45) is 7.05 Å². The van der Waals surface area contributed by atoms with E-state index in [1.54, 1.807) is 17.1 Å². The lowest BCUT2D eigenvalue weighted by Crippen LogP contribution is -2.25. The molecule has 4 aromatic rings. The Kier molecular flexibility index (Phi) is 5.24. The maximum Gasteiger partial charge on any atom is 0.165 e. The minimum absolute atomic E-state index is 0.573. The summed E-state index contributed by atoms with van der Waals surface area (Å²) in [5, 5.41) is 5.31. The Balaban J connectivity index is 1.35. The van der Waals surface area contributed by atoms with E-state index in [9.17, 15) is 0 Å². The van der Waals surface area contributed by atoms with Crippen LogP contribution in [0.4, 0.5) is 5.82 Å². The monoisotopic (exact) mass is 414 g/mol. The molecule has 1 aliphatic rings. The Morgan fingerprint density at radius 1 is 1.06 bits per heavy atom. The van der Waals surface area contributed by atoms with E-state index in [0.717, 1.165) is 34.6 Å². The van der Waals surface area contributed by atoms with E-state index in [4.69, 9.17) is 14.7 Å². The van der Waals surface area contributed by atoms with Crippen molar-refractivity contribution in [3.05, 3.63) is 60.0 Å². The fourth-order valence-corrected chi connectivity index (χ4v) is 4.13. The molecule has 1 aliphatic carbocycles. The molecule has 0 spiro atoms. The number of fused-ring (bicyclic) bond motifs is 2. The van der Waals surface area contributed by atoms with Crippen LogP contribution in [0, 0.1) is 0 Å². The molecule has 0 unspecified atom stereocenters. The third-order valence-corrected chi connectivity index (χ3v) is 5.87. The van der Waals surface area contributed by atoms with Crippen molar-refractivity contribution < 1.29 is 4.74 Å². The molecule has 7 nitrogen and oxygen atoms in total. The second-order valence-electron chi connectivity index (χ2n) is 8.03. The summed E-state index contributed by atoms with van der Waals surface area (Å²) in [7, 11) is 3.92. The van der Waals surface area contributed by atoms with Gasteiger partial charge < -0.3 is 9.64 Å². The fraction of sp³-hybridized carbons (Fsp3) is 0.333. The van der Waals surface area contributed by atoms with Crippen molar-refractivity contribution in [1.82, 2.24) is 24.7 Å². The van der Waals surface area contributed by atoms with Crippen LogP contribution in [0.2, 0.25) is 0 Å². The maximum absolute atomic E-state index is 6.08. The molecule has 5 rings (SSSR count). The Hall–Kier alpha value is -3.48. The molecule has 0 saturated carbocycles. The van der Waals surface area contributed by atoms with Gasteiger partial charge in [0.2, 0.25) is 0 Å². The maximum atomic E-state index is 6.08. The van der Waals surface area contributed by atoms with Crippen molar-refractivity contribution >= 4 is 16.9 Å². The van der Waals surface area contributed by atoms with Crippen molar-refractivity contribution in [2.45, 2.75) is 25.7 Å². The van der Waals surface area contributed by atoms with Gasteiger partial charge in [-0.05, 0) is 61.1 Å². The van der Waals surface area contributed by atoms with Gasteiger partial charge in [0.1, 0.15) is 18.2 Å². The van der Waals surface area contributed by atoms with Crippen molar-refractivity contribution in [1.29, 1.82) is 0 Å². The van der Waals surface area contributed by atoms with Gasteiger partial charge in [0.25, 0.3) is 0 Å². The van der Waals surface area contributed by atoms with Gasteiger partial charge in [-0.25, -0.2) is 9.97 Å². The molecular formula is C24H26N6O. The molecule has 1 aromatic carbocycles. The fourth-order valence-electron chi connectivity index (χ4n) is 4.13. The molecule has 0 atom stereocenters. The number of likely N-dealkylation sites (N-methyl/N-ethyl adjacent to an activating group) is 1. The predicted octanol–water partition coefficient (Wildman–Crippen LogP) is 3.82. The highest BCUT2D eigenvalue weighted by atomic mass is 16.5. The molecule has 0 saturated heterocycles. The van der Waals surface area contributed by atoms with E-state index < -0.39 is 0 Å². The Morgan fingerprint density at radius 2 is 1.94 bits per heavy atom. The van der Waals surface area contributed by atoms with E-state index in [2.05, 4.69) is 33.2 Å². The SMILES string of the molecule is CN(CCOc1ccc2c(c1)CCCC2)c1nc(-c2cccnc2)nc2c1cnn2C. The summed E-state index contributed by atoms with van der Waals surface area (Å²) in [5.74, 6) is 2.42. The Morgan fingerprint density at radius 3 is 2.77 bits per heavy atom. The summed E-state index contributed by atoms with van der Waals surface area (Å²) in [4.78, 5) is 15.8. The van der Waals surface area contributed by atoms with E-state index >= 15 is 0 Å². The van der Waals surface area contributed by atoms with Gasteiger partial charge >= 0.3 is 0 Å². The molecule has 0 radical (unpaired) electrons. The van der Waals surface area contributed by atoms with Crippen LogP contribution in [0.25, 0.3) is 22.4 Å². The van der Waals surface area contributed by atoms with Gasteiger partial charge in [0.15, 0.2) is 11.5 Å². The van der Waals surface area contributed by atoms with E-state index in [1.807, 2.05) is 32.4 Å². The smallest absolute Gasteiger partial charge is 0.165 e. The van der Waals surface area contributed by atoms with Crippen LogP contribution in [-0.2, 0) is 19.9 Å². The molecule has 0 fully saturated rings. The minimum Gasteiger partial charge on any atom is -0.492 e. The number of ether oxygens (including phenoxy) is 1. The largest absolute Gasteiger partial charge is 0.492 e. The van der Waals surface area contributed by atoms with Crippen LogP contribution in [0.1, 0.15) is 24.0 Å². The first-order valence-electron chi connectivity index (χ1n) is 10.7. The highest BCUT2D eigenvalue weighted by molar-refractivity contribution is 5.88. The summed E-state index contributed by atoms with van der Waals surface area (Å²) in [6, 6.07) is 10.4. The average Bonchev–Trinajstić information content (AvgIpc) is 3.19. The molecule has 3 aromatic heterocycles. The third kappa shape index (κ3) is 3.95. The summed E-state index contributed by atoms with van der Waals surface area (Å²) in [6.07, 6.45) is 10.3. The number of benzene rings is 1. The van der Waals surface area contributed by atoms with Crippen molar-refractivity contribution in [3.63, 3.8) is 0 Å². The van der Waals surface area contributed by atoms with E-state index in [0.29, 0.717) is 19.0 Å². The van der Waals surface area contributed by atoms with Crippen LogP contribution in [0.5, 0.6) is 5.75 Å². The topological polar surface area (TPSA) is 69.0 Å². The number of rotatable bonds is 6. The zero-order valence-electron chi connectivity index (χ0n) is 18.0. The molecule has 0 aliphatic heterocycles. The van der Waals surface area contributed by atoms with E-state index in [1.165, 1.54) is 30.4 Å². The van der Waals surface area contributed by atoms with Gasteiger partial charge in [-0.15, -0.1) is 0 Å². The number of hydrogen-bond donors (Lipinski definition) is 0. The van der Waals surface area contributed by atoms with Crippen molar-refractivity contribution in [2.75, 3.05) is 25.1 Å². The predicted molar refractivity (Wildman–Crippen MR) is 121 cm³/mol. The summed E-state index contributed by atoms with van der Waals surface area (Å²) < 4.78 is 7.86. The van der Waals surface area contributed by atoms with Crippen LogP contribution in [0.15, 0.2) is 48.9 Å². The third-order valence-electron chi connectivity index (χ3n) is 5.87. The lowest BCUT2D eigenvalue weighted by Gasteiger charge is -2.21. The first-order valence-corrected chi connectivity index (χ1v) is 10.7. The number of pyridine rings is 1. The standard InChI is InChI=1S/C24H26N6O/c1-29(12-13-31-20-10-9-17-6-3-4-7-18(17)14-20)23-21-16-26-30(2)24(21)28-22(27-23)19-8-5-11-25-15-19/h5,8-11,14-16H,3-4,6-7,12-13H2,1-2H3. The Bertz CT molecular complexity index is 1200. The van der Waals surface area contributed by atoms with E-state index in [-0.39, 0.29) is 0 Å². The molecule has 7 heteroatoms. The van der Waals surface area contributed by atoms with Gasteiger partial charge in [-0.1, -0.05) is 6.07 Å². The molecule has 0 N–H and O–H groups in total. The zero-order valence-corrected chi connectivity index (χ0v) is 18.0. The van der Waals surface area contributed by atoms with Gasteiger partial charge in [0.05, 0.1) is 18.1 Å². The van der Waals surface area contributed by atoms with Gasteiger partial charge in [-0.3, -0.25) is 9.67 Å². The quantitative estimate of drug-likeness (QED) is 0.478. The van der Waals surface area contributed by atoms with Crippen LogP contribution in [-0.4, -0.2) is 44.9 Å². The molecular weight excluding hydrogens is 388 g/mol. The highest BCUT2D eigenvalue weighted by Gasteiger charge is 2.16. The number of nitrogens with zero attached hydrogens (tertiary/aromatic N) is 6. The van der Waals surface area contributed by atoms with Gasteiger partial charge in [-0.2, -0.15) is 5.10 Å². The summed E-state index contributed by atoms with van der Waals surface area (Å²) in [5.41, 5.74) is 4.58. The lowest BCUT2D eigenvalue weighted by molar-refractivity contribution is 0.325. The van der Waals surface area contributed by atoms with Crippen molar-refractivity contribution in [3.8, 4) is 17.1 Å². The van der Waals surface area contributed by atoms with Crippen LogP contribution < -0.4 is 9.64 Å². The average molecular weight is 415 g/mol. The molecule has 31 heavy (non-hydrogen) atoms. The number of aromatic nitrogens is 5. The second-order valence-corrected chi connectivity index (χ2v) is 8.03. The summed E-state index contributed by atoms with van der Waals surface area (Å²) in [6.45, 7) is 1.27. The molecule has 3 heterocycles. The number of hydrogen-bond acceptors (Lipinski definition) is 6. The molecule has 158 valence electrons. The first kappa shape index (κ1) is 19.5. The number of aryl methyl sites for hydroxylation is 3. The minimum atomic E-state index is 0.573. The lowest BCUT2D eigenvalue weighted by atomic mass is 9.92. The normalized spacial score (nSPS) is 13.2. The second kappa shape index (κ2) is 8.34. The first-order chi connectivity index (χ1) is 15.2. The summed E-state index contributed by atoms with van der Waals surface area (Å²) >= 11 is 0. The molecule has 0 bridgehead atoms. The number of anilines is 1. The Labute approximate surface area is 181 Å². The highest BCUT2D eigenvalue weighted by Crippen LogP contribution is 2.27. The van der Waals surface area contributed by atoms with Gasteiger partial charge in [0, 0.05) is 32.1 Å².